The molecule has 6 rings (SSSR count). The minimum atomic E-state index is -0.461. The van der Waals surface area contributed by atoms with Gasteiger partial charge in [-0.05, 0) is 31.7 Å². The predicted molar refractivity (Wildman–Crippen MR) is 121 cm³/mol. The van der Waals surface area contributed by atoms with Crippen LogP contribution in [-0.2, 0) is 12.8 Å². The van der Waals surface area contributed by atoms with E-state index in [2.05, 4.69) is 31.6 Å². The molecule has 2 amide bonds. The fourth-order valence-corrected chi connectivity index (χ4v) is 4.95. The van der Waals surface area contributed by atoms with Crippen LogP contribution >= 0.6 is 0 Å². The van der Waals surface area contributed by atoms with E-state index in [0.717, 1.165) is 43.7 Å². The number of carbonyl (C=O) groups excluding carboxylic acids is 1. The number of anilines is 3. The fourth-order valence-electron chi connectivity index (χ4n) is 4.95. The van der Waals surface area contributed by atoms with Gasteiger partial charge in [0.25, 0.3) is 0 Å². The molecule has 0 unspecified atom stereocenters. The number of urea groups is 1. The van der Waals surface area contributed by atoms with Gasteiger partial charge < -0.3 is 19.9 Å². The van der Waals surface area contributed by atoms with Crippen molar-refractivity contribution in [3.05, 3.63) is 47.8 Å². The normalized spacial score (nSPS) is 18.9. The molecule has 2 fully saturated rings. The molecule has 5 heterocycles. The zero-order valence-corrected chi connectivity index (χ0v) is 18.1. The number of rotatable bonds is 3. The van der Waals surface area contributed by atoms with E-state index < -0.39 is 5.82 Å². The van der Waals surface area contributed by atoms with E-state index in [1.165, 1.54) is 24.6 Å². The molecule has 2 N–H and O–H groups in total. The summed E-state index contributed by atoms with van der Waals surface area (Å²) >= 11 is 0. The molecular weight excluding hydrogens is 409 g/mol. The number of aromatic nitrogens is 3. The van der Waals surface area contributed by atoms with Crippen LogP contribution in [-0.4, -0.2) is 52.1 Å². The molecule has 2 aliphatic heterocycles. The Kier molecular flexibility index (Phi) is 4.36. The summed E-state index contributed by atoms with van der Waals surface area (Å²) in [5.41, 5.74) is 4.03. The summed E-state index contributed by atoms with van der Waals surface area (Å²) in [6.07, 6.45) is 9.19. The molecule has 0 radical (unpaired) electrons. The molecule has 3 aliphatic rings. The van der Waals surface area contributed by atoms with Gasteiger partial charge in [-0.25, -0.2) is 19.2 Å². The van der Waals surface area contributed by atoms with Gasteiger partial charge in [0.05, 0.1) is 11.4 Å². The lowest BCUT2D eigenvalue weighted by atomic mass is 10.1. The number of hydrogen-bond donors (Lipinski definition) is 2. The summed E-state index contributed by atoms with van der Waals surface area (Å²) in [4.78, 5) is 26.0. The molecule has 3 aromatic heterocycles. The van der Waals surface area contributed by atoms with Crippen molar-refractivity contribution < 1.29 is 9.18 Å². The molecule has 3 aromatic rings. The van der Waals surface area contributed by atoms with Gasteiger partial charge in [-0.3, -0.25) is 4.90 Å². The summed E-state index contributed by atoms with van der Waals surface area (Å²) < 4.78 is 16.1. The van der Waals surface area contributed by atoms with Crippen LogP contribution in [0.2, 0.25) is 0 Å². The molecule has 9 heteroatoms. The number of nitrogens with one attached hydrogen (secondary N) is 2. The lowest BCUT2D eigenvalue weighted by Gasteiger charge is -2.36. The van der Waals surface area contributed by atoms with Crippen LogP contribution in [0.4, 0.5) is 26.4 Å². The number of halogens is 1. The average molecular weight is 436 g/mol. The van der Waals surface area contributed by atoms with Crippen LogP contribution < -0.4 is 20.4 Å². The number of nitrogens with zero attached hydrogens (tertiary/aromatic N) is 5. The first-order valence-corrected chi connectivity index (χ1v) is 11.3. The number of aryl methyl sites for hydroxylation is 1. The van der Waals surface area contributed by atoms with Crippen LogP contribution in [0.25, 0.3) is 5.65 Å². The summed E-state index contributed by atoms with van der Waals surface area (Å²) in [5, 5.41) is 6.49. The van der Waals surface area contributed by atoms with Gasteiger partial charge in [0.1, 0.15) is 5.82 Å². The maximum absolute atomic E-state index is 14.5. The maximum atomic E-state index is 14.5. The van der Waals surface area contributed by atoms with Gasteiger partial charge in [0.15, 0.2) is 11.5 Å². The Hall–Kier alpha value is -3.20. The number of carbonyl (C=O) groups is 1. The van der Waals surface area contributed by atoms with E-state index in [9.17, 15) is 9.18 Å². The van der Waals surface area contributed by atoms with Crippen LogP contribution in [0.5, 0.6) is 0 Å². The molecule has 1 saturated heterocycles. The highest BCUT2D eigenvalue weighted by atomic mass is 19.1. The molecular formula is C23H26FN7O. The standard InChI is InChI=1S/C23H26FN7O/c1-2-15-12-30-13-16(11-18(24)21(30)27-15)28-22(32)31-9-4-17-19(3-7-25-20(17)31)29-10-8-26-23(14-29)5-6-23/h3,7,11-13,26H,2,4-6,8-10,14H2,1H3,(H,28,32). The summed E-state index contributed by atoms with van der Waals surface area (Å²) in [6.45, 7) is 5.45. The number of amides is 2. The van der Waals surface area contributed by atoms with Crippen molar-refractivity contribution in [1.82, 2.24) is 19.7 Å². The minimum Gasteiger partial charge on any atom is -0.368 e. The Balaban J connectivity index is 1.25. The van der Waals surface area contributed by atoms with Gasteiger partial charge in [-0.15, -0.1) is 0 Å². The maximum Gasteiger partial charge on any atom is 0.327 e. The summed E-state index contributed by atoms with van der Waals surface area (Å²) in [6, 6.07) is 3.08. The monoisotopic (exact) mass is 435 g/mol. The lowest BCUT2D eigenvalue weighted by molar-refractivity contribution is 0.257. The number of pyridine rings is 2. The highest BCUT2D eigenvalue weighted by Crippen LogP contribution is 2.41. The molecule has 1 saturated carbocycles. The van der Waals surface area contributed by atoms with Crippen molar-refractivity contribution in [3.63, 3.8) is 0 Å². The Labute approximate surface area is 185 Å². The first kappa shape index (κ1) is 19.5. The molecule has 0 bridgehead atoms. The van der Waals surface area contributed by atoms with Gasteiger partial charge in [0, 0.05) is 67.6 Å². The van der Waals surface area contributed by atoms with Crippen molar-refractivity contribution in [2.75, 3.05) is 41.3 Å². The fraction of sp³-hybridized carbons (Fsp3) is 0.435. The van der Waals surface area contributed by atoms with Crippen LogP contribution in [0, 0.1) is 5.82 Å². The van der Waals surface area contributed by atoms with Crippen molar-refractivity contribution in [1.29, 1.82) is 0 Å². The Morgan fingerprint density at radius 3 is 3.00 bits per heavy atom. The number of fused-ring (bicyclic) bond motifs is 2. The molecule has 0 atom stereocenters. The predicted octanol–water partition coefficient (Wildman–Crippen LogP) is 2.97. The molecule has 166 valence electrons. The quantitative estimate of drug-likeness (QED) is 0.662. The Bertz CT molecular complexity index is 1220. The third kappa shape index (κ3) is 3.19. The molecule has 32 heavy (non-hydrogen) atoms. The Morgan fingerprint density at radius 1 is 1.31 bits per heavy atom. The molecule has 1 spiro atoms. The zero-order chi connectivity index (χ0) is 21.9. The van der Waals surface area contributed by atoms with Crippen molar-refractivity contribution >= 4 is 28.9 Å². The summed E-state index contributed by atoms with van der Waals surface area (Å²) in [7, 11) is 0. The van der Waals surface area contributed by atoms with Crippen molar-refractivity contribution in [2.45, 2.75) is 38.1 Å². The first-order chi connectivity index (χ1) is 15.5. The Morgan fingerprint density at radius 2 is 2.19 bits per heavy atom. The second-order valence-corrected chi connectivity index (χ2v) is 8.99. The third-order valence-corrected chi connectivity index (χ3v) is 6.83. The van der Waals surface area contributed by atoms with Gasteiger partial charge in [-0.2, -0.15) is 0 Å². The number of piperazine rings is 1. The molecule has 0 aromatic carbocycles. The zero-order valence-electron chi connectivity index (χ0n) is 18.1. The molecule has 1 aliphatic carbocycles. The topological polar surface area (TPSA) is 77.8 Å². The smallest absolute Gasteiger partial charge is 0.327 e. The number of imidazole rings is 1. The lowest BCUT2D eigenvalue weighted by Crippen LogP contribution is -2.52. The van der Waals surface area contributed by atoms with Gasteiger partial charge in [-0.1, -0.05) is 6.92 Å². The number of hydrogen-bond acceptors (Lipinski definition) is 5. The van der Waals surface area contributed by atoms with Crippen molar-refractivity contribution in [2.24, 2.45) is 0 Å². The van der Waals surface area contributed by atoms with E-state index in [0.29, 0.717) is 18.1 Å². The summed E-state index contributed by atoms with van der Waals surface area (Å²) in [5.74, 6) is 0.235. The third-order valence-electron chi connectivity index (χ3n) is 6.83. The SMILES string of the molecule is CCc1cn2cc(NC(=O)N3CCc4c(N5CCNC6(CC6)C5)ccnc43)cc(F)c2n1. The van der Waals surface area contributed by atoms with Crippen LogP contribution in [0.15, 0.2) is 30.7 Å². The average Bonchev–Trinajstić information content (AvgIpc) is 3.21. The van der Waals surface area contributed by atoms with Crippen LogP contribution in [0.1, 0.15) is 31.0 Å². The van der Waals surface area contributed by atoms with E-state index >= 15 is 0 Å². The second-order valence-electron chi connectivity index (χ2n) is 8.99. The van der Waals surface area contributed by atoms with E-state index in [1.807, 2.05) is 6.92 Å². The largest absolute Gasteiger partial charge is 0.368 e. The van der Waals surface area contributed by atoms with Gasteiger partial charge in [0.2, 0.25) is 0 Å². The second kappa shape index (κ2) is 7.16. The minimum absolute atomic E-state index is 0.266. The highest BCUT2D eigenvalue weighted by molar-refractivity contribution is 6.03. The van der Waals surface area contributed by atoms with Crippen molar-refractivity contribution in [3.8, 4) is 0 Å². The molecule has 8 nitrogen and oxygen atoms in total. The first-order valence-electron chi connectivity index (χ1n) is 11.3. The highest BCUT2D eigenvalue weighted by Gasteiger charge is 2.46. The van der Waals surface area contributed by atoms with Crippen LogP contribution in [0.3, 0.4) is 0 Å². The van der Waals surface area contributed by atoms with Gasteiger partial charge >= 0.3 is 6.03 Å². The van der Waals surface area contributed by atoms with E-state index in [4.69, 9.17) is 0 Å². The van der Waals surface area contributed by atoms with E-state index in [1.54, 1.807) is 27.9 Å². The van der Waals surface area contributed by atoms with E-state index in [-0.39, 0.29) is 17.2 Å².